The molecular formula is C18H16O3. The van der Waals surface area contributed by atoms with Gasteiger partial charge in [0.05, 0.1) is 5.56 Å². The first-order valence-corrected chi connectivity index (χ1v) is 6.60. The van der Waals surface area contributed by atoms with E-state index in [2.05, 4.69) is 0 Å². The SMILES string of the molecule is Cc1ccc(C)c(C(=O)/C=C/c2ccc(C(=O)O)cc2)c1. The van der Waals surface area contributed by atoms with Gasteiger partial charge >= 0.3 is 5.97 Å². The summed E-state index contributed by atoms with van der Waals surface area (Å²) in [7, 11) is 0. The normalized spacial score (nSPS) is 10.8. The van der Waals surface area contributed by atoms with Crippen molar-refractivity contribution in [1.82, 2.24) is 0 Å². The molecule has 21 heavy (non-hydrogen) atoms. The minimum atomic E-state index is -0.961. The Morgan fingerprint density at radius 1 is 1.00 bits per heavy atom. The molecule has 2 aromatic carbocycles. The summed E-state index contributed by atoms with van der Waals surface area (Å²) in [6.07, 6.45) is 3.20. The van der Waals surface area contributed by atoms with Gasteiger partial charge in [-0.2, -0.15) is 0 Å². The number of aryl methyl sites for hydroxylation is 2. The predicted octanol–water partition coefficient (Wildman–Crippen LogP) is 3.90. The number of carboxylic acid groups (broad SMARTS) is 1. The molecular weight excluding hydrogens is 264 g/mol. The molecule has 3 nitrogen and oxygen atoms in total. The van der Waals surface area contributed by atoms with E-state index >= 15 is 0 Å². The number of ketones is 1. The number of carboxylic acids is 1. The highest BCUT2D eigenvalue weighted by atomic mass is 16.4. The zero-order chi connectivity index (χ0) is 15.4. The molecule has 0 saturated heterocycles. The van der Waals surface area contributed by atoms with Crippen molar-refractivity contribution < 1.29 is 14.7 Å². The molecule has 1 N–H and O–H groups in total. The molecule has 106 valence electrons. The van der Waals surface area contributed by atoms with E-state index in [1.165, 1.54) is 18.2 Å². The topological polar surface area (TPSA) is 54.4 Å². The minimum Gasteiger partial charge on any atom is -0.478 e. The first kappa shape index (κ1) is 14.7. The Kier molecular flexibility index (Phi) is 4.33. The Morgan fingerprint density at radius 3 is 2.29 bits per heavy atom. The fourth-order valence-electron chi connectivity index (χ4n) is 2.00. The summed E-state index contributed by atoms with van der Waals surface area (Å²) in [5.41, 5.74) is 3.69. The Hall–Kier alpha value is -2.68. The van der Waals surface area contributed by atoms with E-state index in [0.29, 0.717) is 5.56 Å². The number of hydrogen-bond donors (Lipinski definition) is 1. The van der Waals surface area contributed by atoms with Gasteiger partial charge in [-0.3, -0.25) is 4.79 Å². The highest BCUT2D eigenvalue weighted by Gasteiger charge is 2.06. The van der Waals surface area contributed by atoms with Crippen molar-refractivity contribution in [1.29, 1.82) is 0 Å². The van der Waals surface area contributed by atoms with Crippen LogP contribution in [-0.2, 0) is 0 Å². The van der Waals surface area contributed by atoms with Crippen molar-refractivity contribution in [2.45, 2.75) is 13.8 Å². The number of allylic oxidation sites excluding steroid dienone is 1. The molecule has 0 unspecified atom stereocenters. The molecule has 0 aliphatic carbocycles. The van der Waals surface area contributed by atoms with Crippen LogP contribution in [0.4, 0.5) is 0 Å². The smallest absolute Gasteiger partial charge is 0.335 e. The first-order valence-electron chi connectivity index (χ1n) is 6.60. The summed E-state index contributed by atoms with van der Waals surface area (Å²) < 4.78 is 0. The molecule has 3 heteroatoms. The van der Waals surface area contributed by atoms with Gasteiger partial charge in [-0.05, 0) is 49.2 Å². The lowest BCUT2D eigenvalue weighted by Crippen LogP contribution is -1.98. The lowest BCUT2D eigenvalue weighted by atomic mass is 10.0. The predicted molar refractivity (Wildman–Crippen MR) is 82.7 cm³/mol. The number of aromatic carboxylic acids is 1. The zero-order valence-corrected chi connectivity index (χ0v) is 12.0. The molecule has 0 aliphatic rings. The summed E-state index contributed by atoms with van der Waals surface area (Å²) >= 11 is 0. The van der Waals surface area contributed by atoms with E-state index in [9.17, 15) is 9.59 Å². The maximum Gasteiger partial charge on any atom is 0.335 e. The van der Waals surface area contributed by atoms with Crippen LogP contribution in [-0.4, -0.2) is 16.9 Å². The van der Waals surface area contributed by atoms with Crippen molar-refractivity contribution in [3.63, 3.8) is 0 Å². The van der Waals surface area contributed by atoms with E-state index in [0.717, 1.165) is 16.7 Å². The van der Waals surface area contributed by atoms with Crippen LogP contribution in [0, 0.1) is 13.8 Å². The molecule has 0 amide bonds. The molecule has 0 atom stereocenters. The quantitative estimate of drug-likeness (QED) is 0.682. The molecule has 0 saturated carbocycles. The molecule has 2 aromatic rings. The third-order valence-corrected chi connectivity index (χ3v) is 3.24. The van der Waals surface area contributed by atoms with Gasteiger partial charge in [0.25, 0.3) is 0 Å². The Bertz CT molecular complexity index is 710. The molecule has 0 aliphatic heterocycles. The van der Waals surface area contributed by atoms with E-state index in [-0.39, 0.29) is 11.3 Å². The zero-order valence-electron chi connectivity index (χ0n) is 12.0. The molecule has 0 bridgehead atoms. The number of carbonyl (C=O) groups is 2. The standard InChI is InChI=1S/C18H16O3/c1-12-3-4-13(2)16(11-12)17(19)10-7-14-5-8-15(9-6-14)18(20)21/h3-11H,1-2H3,(H,20,21)/b10-7+. The third-order valence-electron chi connectivity index (χ3n) is 3.24. The average molecular weight is 280 g/mol. The molecule has 0 heterocycles. The van der Waals surface area contributed by atoms with Crippen molar-refractivity contribution >= 4 is 17.8 Å². The van der Waals surface area contributed by atoms with Crippen molar-refractivity contribution in [2.75, 3.05) is 0 Å². The van der Waals surface area contributed by atoms with Gasteiger partial charge in [-0.1, -0.05) is 35.9 Å². The number of hydrogen-bond acceptors (Lipinski definition) is 2. The monoisotopic (exact) mass is 280 g/mol. The molecule has 0 fully saturated rings. The van der Waals surface area contributed by atoms with Gasteiger partial charge in [-0.25, -0.2) is 4.79 Å². The van der Waals surface area contributed by atoms with Crippen LogP contribution in [0.25, 0.3) is 6.08 Å². The first-order chi connectivity index (χ1) is 9.97. The molecule has 2 rings (SSSR count). The molecule has 0 spiro atoms. The lowest BCUT2D eigenvalue weighted by molar-refractivity contribution is 0.0696. The maximum absolute atomic E-state index is 12.2. The van der Waals surface area contributed by atoms with Gasteiger partial charge in [0.2, 0.25) is 0 Å². The second-order valence-electron chi connectivity index (χ2n) is 4.94. The summed E-state index contributed by atoms with van der Waals surface area (Å²) in [6.45, 7) is 3.85. The lowest BCUT2D eigenvalue weighted by Gasteiger charge is -2.03. The number of benzene rings is 2. The summed E-state index contributed by atoms with van der Waals surface area (Å²) in [4.78, 5) is 22.9. The summed E-state index contributed by atoms with van der Waals surface area (Å²) in [6, 6.07) is 12.2. The number of carbonyl (C=O) groups excluding carboxylic acids is 1. The minimum absolute atomic E-state index is 0.0569. The Labute approximate surface area is 123 Å². The van der Waals surface area contributed by atoms with Gasteiger partial charge in [0.1, 0.15) is 0 Å². The fourth-order valence-corrected chi connectivity index (χ4v) is 2.00. The second-order valence-corrected chi connectivity index (χ2v) is 4.94. The van der Waals surface area contributed by atoms with Crippen LogP contribution >= 0.6 is 0 Å². The van der Waals surface area contributed by atoms with E-state index < -0.39 is 5.97 Å². The molecule has 0 radical (unpaired) electrons. The Balaban J connectivity index is 2.18. The molecule has 0 aromatic heterocycles. The van der Waals surface area contributed by atoms with Crippen LogP contribution in [0.3, 0.4) is 0 Å². The van der Waals surface area contributed by atoms with Crippen molar-refractivity contribution in [3.8, 4) is 0 Å². The second kappa shape index (κ2) is 6.18. The van der Waals surface area contributed by atoms with E-state index in [1.807, 2.05) is 32.0 Å². The highest BCUT2D eigenvalue weighted by Crippen LogP contribution is 2.13. The largest absolute Gasteiger partial charge is 0.478 e. The van der Waals surface area contributed by atoms with Gasteiger partial charge < -0.3 is 5.11 Å². The fraction of sp³-hybridized carbons (Fsp3) is 0.111. The van der Waals surface area contributed by atoms with Gasteiger partial charge in [0, 0.05) is 5.56 Å². The van der Waals surface area contributed by atoms with Gasteiger partial charge in [0.15, 0.2) is 5.78 Å². The van der Waals surface area contributed by atoms with Crippen molar-refractivity contribution in [3.05, 3.63) is 76.4 Å². The van der Waals surface area contributed by atoms with E-state index in [4.69, 9.17) is 5.11 Å². The van der Waals surface area contributed by atoms with Crippen LogP contribution < -0.4 is 0 Å². The van der Waals surface area contributed by atoms with Crippen molar-refractivity contribution in [2.24, 2.45) is 0 Å². The van der Waals surface area contributed by atoms with Crippen LogP contribution in [0.2, 0.25) is 0 Å². The average Bonchev–Trinajstić information content (AvgIpc) is 2.47. The Morgan fingerprint density at radius 2 is 1.67 bits per heavy atom. The van der Waals surface area contributed by atoms with Crippen LogP contribution in [0.1, 0.15) is 37.4 Å². The van der Waals surface area contributed by atoms with E-state index in [1.54, 1.807) is 18.2 Å². The third kappa shape index (κ3) is 3.66. The summed E-state index contributed by atoms with van der Waals surface area (Å²) in [5.74, 6) is -1.02. The van der Waals surface area contributed by atoms with Crippen LogP contribution in [0.5, 0.6) is 0 Å². The highest BCUT2D eigenvalue weighted by molar-refractivity contribution is 6.07. The van der Waals surface area contributed by atoms with Gasteiger partial charge in [-0.15, -0.1) is 0 Å². The van der Waals surface area contributed by atoms with Crippen LogP contribution in [0.15, 0.2) is 48.5 Å². The maximum atomic E-state index is 12.2. The summed E-state index contributed by atoms with van der Waals surface area (Å²) in [5, 5.41) is 8.83. The number of rotatable bonds is 4.